The molecule has 1 aromatic carbocycles. The second-order valence-corrected chi connectivity index (χ2v) is 7.00. The van der Waals surface area contributed by atoms with Crippen molar-refractivity contribution in [3.8, 4) is 0 Å². The lowest BCUT2D eigenvalue weighted by Gasteiger charge is -2.09. The van der Waals surface area contributed by atoms with Gasteiger partial charge >= 0.3 is 0 Å². The molecule has 0 amide bonds. The molecule has 1 unspecified atom stereocenters. The lowest BCUT2D eigenvalue weighted by molar-refractivity contribution is 0.199. The van der Waals surface area contributed by atoms with Gasteiger partial charge in [0.1, 0.15) is 0 Å². The molecule has 1 aromatic rings. The highest BCUT2D eigenvalue weighted by Gasteiger charge is 2.21. The van der Waals surface area contributed by atoms with Crippen LogP contribution in [0.3, 0.4) is 0 Å². The summed E-state index contributed by atoms with van der Waals surface area (Å²) in [6.07, 6.45) is 3.92. The fourth-order valence-electron chi connectivity index (χ4n) is 2.03. The molecular weight excluding hydrogens is 262 g/mol. The van der Waals surface area contributed by atoms with Gasteiger partial charge in [-0.25, -0.2) is 13.1 Å². The Kier molecular flexibility index (Phi) is 4.60. The number of benzene rings is 1. The van der Waals surface area contributed by atoms with E-state index in [-0.39, 0.29) is 4.90 Å². The molecule has 0 bridgehead atoms. The van der Waals surface area contributed by atoms with Crippen LogP contribution in [0.15, 0.2) is 29.2 Å². The maximum atomic E-state index is 12.1. The van der Waals surface area contributed by atoms with E-state index in [9.17, 15) is 13.5 Å². The summed E-state index contributed by atoms with van der Waals surface area (Å²) in [5.41, 5.74) is 0.612. The molecule has 1 aliphatic rings. The largest absolute Gasteiger partial charge is 0.389 e. The average Bonchev–Trinajstić information content (AvgIpc) is 3.19. The van der Waals surface area contributed by atoms with Crippen LogP contribution in [0.1, 0.15) is 44.3 Å². The molecule has 1 fully saturated rings. The molecule has 106 valence electrons. The Labute approximate surface area is 114 Å². The normalized spacial score (nSPS) is 17.4. The summed E-state index contributed by atoms with van der Waals surface area (Å²) in [6.45, 7) is 2.10. The van der Waals surface area contributed by atoms with E-state index in [1.807, 2.05) is 0 Å². The zero-order valence-electron chi connectivity index (χ0n) is 11.2. The molecule has 0 aromatic heterocycles. The van der Waals surface area contributed by atoms with Crippen LogP contribution in [-0.4, -0.2) is 20.1 Å². The third kappa shape index (κ3) is 4.30. The topological polar surface area (TPSA) is 66.4 Å². The summed E-state index contributed by atoms with van der Waals surface area (Å²) < 4.78 is 26.8. The third-order valence-corrected chi connectivity index (χ3v) is 4.89. The van der Waals surface area contributed by atoms with E-state index >= 15 is 0 Å². The summed E-state index contributed by atoms with van der Waals surface area (Å²) in [7, 11) is -3.45. The van der Waals surface area contributed by atoms with Crippen molar-refractivity contribution in [2.45, 2.75) is 43.6 Å². The van der Waals surface area contributed by atoms with E-state index < -0.39 is 16.1 Å². The minimum absolute atomic E-state index is 0.220. The number of aliphatic hydroxyl groups is 1. The Bertz CT molecular complexity index is 521. The van der Waals surface area contributed by atoms with Crippen molar-refractivity contribution in [2.24, 2.45) is 5.92 Å². The Morgan fingerprint density at radius 1 is 1.42 bits per heavy atom. The van der Waals surface area contributed by atoms with Crippen LogP contribution < -0.4 is 4.72 Å². The second kappa shape index (κ2) is 6.03. The average molecular weight is 283 g/mol. The first-order valence-corrected chi connectivity index (χ1v) is 8.25. The minimum atomic E-state index is -3.45. The fourth-order valence-corrected chi connectivity index (χ4v) is 3.16. The van der Waals surface area contributed by atoms with Gasteiger partial charge in [0.25, 0.3) is 0 Å². The van der Waals surface area contributed by atoms with E-state index in [2.05, 4.69) is 4.72 Å². The van der Waals surface area contributed by atoms with Gasteiger partial charge in [0.2, 0.25) is 10.0 Å². The van der Waals surface area contributed by atoms with Crippen LogP contribution in [0.25, 0.3) is 0 Å². The zero-order chi connectivity index (χ0) is 13.9. The van der Waals surface area contributed by atoms with Gasteiger partial charge in [0.15, 0.2) is 0 Å². The molecule has 2 rings (SSSR count). The summed E-state index contributed by atoms with van der Waals surface area (Å²) >= 11 is 0. The van der Waals surface area contributed by atoms with Gasteiger partial charge in [0, 0.05) is 6.54 Å². The van der Waals surface area contributed by atoms with Gasteiger partial charge in [-0.15, -0.1) is 0 Å². The zero-order valence-corrected chi connectivity index (χ0v) is 12.0. The highest BCUT2D eigenvalue weighted by atomic mass is 32.2. The number of hydrogen-bond donors (Lipinski definition) is 2. The number of rotatable bonds is 7. The number of nitrogens with one attached hydrogen (secondary N) is 1. The SMILES string of the molecule is CC(O)c1cccc(S(=O)(=O)NCCCC2CC2)c1. The lowest BCUT2D eigenvalue weighted by Crippen LogP contribution is -2.25. The van der Waals surface area contributed by atoms with Crippen molar-refractivity contribution < 1.29 is 13.5 Å². The van der Waals surface area contributed by atoms with Crippen LogP contribution in [0.5, 0.6) is 0 Å². The van der Waals surface area contributed by atoms with E-state index in [1.54, 1.807) is 25.1 Å². The molecule has 0 aliphatic heterocycles. The molecule has 0 spiro atoms. The summed E-state index contributed by atoms with van der Waals surface area (Å²) in [5, 5.41) is 9.48. The number of hydrogen-bond acceptors (Lipinski definition) is 3. The van der Waals surface area contributed by atoms with Gasteiger partial charge in [-0.1, -0.05) is 25.0 Å². The Morgan fingerprint density at radius 2 is 2.16 bits per heavy atom. The second-order valence-electron chi connectivity index (χ2n) is 5.23. The van der Waals surface area contributed by atoms with Crippen LogP contribution in [-0.2, 0) is 10.0 Å². The molecule has 1 aliphatic carbocycles. The molecule has 19 heavy (non-hydrogen) atoms. The highest BCUT2D eigenvalue weighted by molar-refractivity contribution is 7.89. The number of sulfonamides is 1. The van der Waals surface area contributed by atoms with Gasteiger partial charge in [0.05, 0.1) is 11.0 Å². The van der Waals surface area contributed by atoms with E-state index in [1.165, 1.54) is 18.9 Å². The minimum Gasteiger partial charge on any atom is -0.389 e. The molecule has 1 saturated carbocycles. The van der Waals surface area contributed by atoms with Gasteiger partial charge in [-0.3, -0.25) is 0 Å². The fraction of sp³-hybridized carbons (Fsp3) is 0.571. The van der Waals surface area contributed by atoms with Crippen molar-refractivity contribution >= 4 is 10.0 Å². The highest BCUT2D eigenvalue weighted by Crippen LogP contribution is 2.33. The summed E-state index contributed by atoms with van der Waals surface area (Å²) in [4.78, 5) is 0.220. The smallest absolute Gasteiger partial charge is 0.240 e. The first kappa shape index (κ1) is 14.5. The molecule has 0 radical (unpaired) electrons. The molecule has 5 heteroatoms. The van der Waals surface area contributed by atoms with Crippen LogP contribution >= 0.6 is 0 Å². The third-order valence-electron chi connectivity index (χ3n) is 3.43. The van der Waals surface area contributed by atoms with Gasteiger partial charge in [-0.2, -0.15) is 0 Å². The van der Waals surface area contributed by atoms with E-state index in [4.69, 9.17) is 0 Å². The number of aliphatic hydroxyl groups excluding tert-OH is 1. The Morgan fingerprint density at radius 3 is 2.79 bits per heavy atom. The van der Waals surface area contributed by atoms with Crippen molar-refractivity contribution in [3.05, 3.63) is 29.8 Å². The first-order chi connectivity index (χ1) is 8.99. The molecule has 4 nitrogen and oxygen atoms in total. The van der Waals surface area contributed by atoms with Gasteiger partial charge < -0.3 is 5.11 Å². The predicted molar refractivity (Wildman–Crippen MR) is 74.2 cm³/mol. The van der Waals surface area contributed by atoms with Crippen molar-refractivity contribution in [1.29, 1.82) is 0 Å². The van der Waals surface area contributed by atoms with Crippen LogP contribution in [0, 0.1) is 5.92 Å². The molecule has 0 heterocycles. The van der Waals surface area contributed by atoms with E-state index in [0.29, 0.717) is 12.1 Å². The van der Waals surface area contributed by atoms with Crippen LogP contribution in [0.4, 0.5) is 0 Å². The van der Waals surface area contributed by atoms with E-state index in [0.717, 1.165) is 18.8 Å². The maximum Gasteiger partial charge on any atom is 0.240 e. The summed E-state index contributed by atoms with van der Waals surface area (Å²) in [6, 6.07) is 6.45. The summed E-state index contributed by atoms with van der Waals surface area (Å²) in [5.74, 6) is 0.822. The standard InChI is InChI=1S/C14H21NO3S/c1-11(16)13-5-2-6-14(10-13)19(17,18)15-9-3-4-12-7-8-12/h2,5-6,10-12,15-16H,3-4,7-9H2,1H3. The maximum absolute atomic E-state index is 12.1. The van der Waals surface area contributed by atoms with Crippen LogP contribution in [0.2, 0.25) is 0 Å². The molecule has 1 atom stereocenters. The van der Waals surface area contributed by atoms with Crippen molar-refractivity contribution in [2.75, 3.05) is 6.54 Å². The lowest BCUT2D eigenvalue weighted by atomic mass is 10.1. The van der Waals surface area contributed by atoms with Crippen molar-refractivity contribution in [3.63, 3.8) is 0 Å². The Hall–Kier alpha value is -0.910. The quantitative estimate of drug-likeness (QED) is 0.754. The molecular formula is C14H21NO3S. The van der Waals surface area contributed by atoms with Crippen molar-refractivity contribution in [1.82, 2.24) is 4.72 Å². The molecule has 0 saturated heterocycles. The van der Waals surface area contributed by atoms with Gasteiger partial charge in [-0.05, 0) is 43.4 Å². The molecule has 2 N–H and O–H groups in total. The first-order valence-electron chi connectivity index (χ1n) is 6.77. The monoisotopic (exact) mass is 283 g/mol. The Balaban J connectivity index is 1.95. The predicted octanol–water partition coefficient (Wildman–Crippen LogP) is 2.21.